The Kier molecular flexibility index (Phi) is 8.04. The van der Waals surface area contributed by atoms with Crippen LogP contribution in [0.1, 0.15) is 30.6 Å². The molecule has 1 fully saturated rings. The Bertz CT molecular complexity index is 755. The molecule has 1 unspecified atom stereocenters. The molecule has 6 nitrogen and oxygen atoms in total. The topological polar surface area (TPSA) is 71.0 Å². The molecular weight excluding hydrogens is 368 g/mol. The van der Waals surface area contributed by atoms with Crippen molar-refractivity contribution in [1.82, 2.24) is 4.90 Å². The van der Waals surface area contributed by atoms with E-state index >= 15 is 0 Å². The van der Waals surface area contributed by atoms with E-state index in [0.29, 0.717) is 19.4 Å². The maximum Gasteiger partial charge on any atom is 0.228 e. The highest BCUT2D eigenvalue weighted by molar-refractivity contribution is 5.92. The molecule has 1 atom stereocenters. The maximum absolute atomic E-state index is 12.3. The van der Waals surface area contributed by atoms with Crippen LogP contribution in [0.2, 0.25) is 0 Å². The number of hydrogen-bond donors (Lipinski definition) is 2. The highest BCUT2D eigenvalue weighted by atomic mass is 16.5. The van der Waals surface area contributed by atoms with Crippen LogP contribution < -0.4 is 10.1 Å². The summed E-state index contributed by atoms with van der Waals surface area (Å²) < 4.78 is 10.8. The van der Waals surface area contributed by atoms with Crippen LogP contribution in [0.4, 0.5) is 5.69 Å². The molecule has 6 heteroatoms. The zero-order valence-electron chi connectivity index (χ0n) is 17.0. The van der Waals surface area contributed by atoms with E-state index < -0.39 is 6.10 Å². The molecule has 0 radical (unpaired) electrons. The van der Waals surface area contributed by atoms with Gasteiger partial charge in [0.05, 0.1) is 32.3 Å². The Morgan fingerprint density at radius 1 is 1.14 bits per heavy atom. The number of carbonyl (C=O) groups excluding carboxylic acids is 1. The van der Waals surface area contributed by atoms with Gasteiger partial charge in [-0.25, -0.2) is 0 Å². The fraction of sp³-hybridized carbons (Fsp3) is 0.435. The molecule has 2 N–H and O–H groups in total. The van der Waals surface area contributed by atoms with Crippen molar-refractivity contribution in [3.63, 3.8) is 0 Å². The summed E-state index contributed by atoms with van der Waals surface area (Å²) in [7, 11) is 0. The van der Waals surface area contributed by atoms with Crippen LogP contribution in [-0.4, -0.2) is 55.4 Å². The number of anilines is 1. The maximum atomic E-state index is 12.3. The first-order valence-corrected chi connectivity index (χ1v) is 10.2. The lowest BCUT2D eigenvalue weighted by molar-refractivity contribution is -0.115. The predicted molar refractivity (Wildman–Crippen MR) is 113 cm³/mol. The predicted octanol–water partition coefficient (Wildman–Crippen LogP) is 3.02. The van der Waals surface area contributed by atoms with Gasteiger partial charge >= 0.3 is 0 Å². The van der Waals surface area contributed by atoms with Gasteiger partial charge in [-0.05, 0) is 48.7 Å². The van der Waals surface area contributed by atoms with E-state index in [4.69, 9.17) is 9.47 Å². The molecule has 1 amide bonds. The van der Waals surface area contributed by atoms with Crippen LogP contribution in [0.25, 0.3) is 0 Å². The van der Waals surface area contributed by atoms with Crippen molar-refractivity contribution >= 4 is 11.6 Å². The van der Waals surface area contributed by atoms with Crippen LogP contribution in [0.15, 0.2) is 48.5 Å². The van der Waals surface area contributed by atoms with E-state index in [9.17, 15) is 9.90 Å². The number of morpholine rings is 1. The lowest BCUT2D eigenvalue weighted by atomic mass is 10.1. The van der Waals surface area contributed by atoms with Crippen molar-refractivity contribution in [2.75, 3.05) is 44.8 Å². The smallest absolute Gasteiger partial charge is 0.228 e. The van der Waals surface area contributed by atoms with E-state index in [1.54, 1.807) is 0 Å². The van der Waals surface area contributed by atoms with Gasteiger partial charge in [0.1, 0.15) is 5.75 Å². The third-order valence-electron chi connectivity index (χ3n) is 5.00. The number of ether oxygens (including phenoxy) is 2. The Morgan fingerprint density at radius 3 is 2.48 bits per heavy atom. The number of nitrogens with zero attached hydrogens (tertiary/aromatic N) is 1. The summed E-state index contributed by atoms with van der Waals surface area (Å²) in [4.78, 5) is 14.6. The van der Waals surface area contributed by atoms with E-state index in [2.05, 4.69) is 10.2 Å². The van der Waals surface area contributed by atoms with Crippen LogP contribution in [0, 0.1) is 0 Å². The van der Waals surface area contributed by atoms with Gasteiger partial charge < -0.3 is 19.9 Å². The molecule has 29 heavy (non-hydrogen) atoms. The molecular formula is C23H30N2O4. The molecule has 2 aromatic carbocycles. The van der Waals surface area contributed by atoms with Crippen molar-refractivity contribution in [2.24, 2.45) is 0 Å². The minimum atomic E-state index is -0.508. The third-order valence-corrected chi connectivity index (χ3v) is 5.00. The lowest BCUT2D eigenvalue weighted by Crippen LogP contribution is -2.37. The highest BCUT2D eigenvalue weighted by Gasteiger charge is 2.14. The third kappa shape index (κ3) is 6.85. The summed E-state index contributed by atoms with van der Waals surface area (Å²) in [5.74, 6) is 0.731. The normalized spacial score (nSPS) is 15.7. The zero-order valence-corrected chi connectivity index (χ0v) is 17.0. The van der Waals surface area contributed by atoms with E-state index in [-0.39, 0.29) is 5.91 Å². The van der Waals surface area contributed by atoms with Gasteiger partial charge in [0, 0.05) is 25.3 Å². The molecule has 0 aliphatic carbocycles. The van der Waals surface area contributed by atoms with Crippen LogP contribution in [0.3, 0.4) is 0 Å². The minimum absolute atomic E-state index is 0.0743. The Labute approximate surface area is 172 Å². The number of aliphatic hydroxyl groups excluding tert-OH is 1. The van der Waals surface area contributed by atoms with Gasteiger partial charge in [-0.1, -0.05) is 24.3 Å². The molecule has 1 saturated heterocycles. The first-order valence-electron chi connectivity index (χ1n) is 10.2. The van der Waals surface area contributed by atoms with Crippen molar-refractivity contribution < 1.29 is 19.4 Å². The first-order chi connectivity index (χ1) is 14.1. The van der Waals surface area contributed by atoms with Crippen molar-refractivity contribution in [2.45, 2.75) is 25.9 Å². The highest BCUT2D eigenvalue weighted by Crippen LogP contribution is 2.20. The number of benzene rings is 2. The van der Waals surface area contributed by atoms with E-state index in [1.807, 2.05) is 55.5 Å². The average Bonchev–Trinajstić information content (AvgIpc) is 2.75. The molecule has 1 heterocycles. The van der Waals surface area contributed by atoms with Crippen molar-refractivity contribution in [3.05, 3.63) is 59.7 Å². The summed E-state index contributed by atoms with van der Waals surface area (Å²) >= 11 is 0. The fourth-order valence-corrected chi connectivity index (χ4v) is 3.35. The molecule has 2 aromatic rings. The summed E-state index contributed by atoms with van der Waals surface area (Å²) in [5, 5.41) is 13.3. The second kappa shape index (κ2) is 11.0. The average molecular weight is 399 g/mol. The molecule has 0 bridgehead atoms. The monoisotopic (exact) mass is 398 g/mol. The quantitative estimate of drug-likeness (QED) is 0.679. The van der Waals surface area contributed by atoms with Gasteiger partial charge in [0.15, 0.2) is 0 Å². The van der Waals surface area contributed by atoms with Gasteiger partial charge in [0.25, 0.3) is 0 Å². The molecule has 156 valence electrons. The van der Waals surface area contributed by atoms with Crippen LogP contribution in [-0.2, 0) is 16.0 Å². The number of carbonyl (C=O) groups is 1. The Morgan fingerprint density at radius 2 is 1.83 bits per heavy atom. The van der Waals surface area contributed by atoms with E-state index in [0.717, 1.165) is 55.4 Å². The number of amides is 1. The Balaban J connectivity index is 1.45. The molecule has 1 aliphatic rings. The summed E-state index contributed by atoms with van der Waals surface area (Å²) in [6, 6.07) is 15.0. The second-order valence-electron chi connectivity index (χ2n) is 7.18. The standard InChI is InChI=1S/C23H30N2O4/c1-2-29-21-9-3-18(4-10-21)17-23(27)24-20-7-5-19(6-8-20)22(26)11-12-25-13-15-28-16-14-25/h3-10,22,26H,2,11-17H2,1H3,(H,24,27). The van der Waals surface area contributed by atoms with E-state index in [1.165, 1.54) is 0 Å². The summed E-state index contributed by atoms with van der Waals surface area (Å²) in [6.45, 7) is 6.79. The molecule has 0 aromatic heterocycles. The van der Waals surface area contributed by atoms with Gasteiger partial charge in [0.2, 0.25) is 5.91 Å². The molecule has 0 saturated carbocycles. The molecule has 1 aliphatic heterocycles. The van der Waals surface area contributed by atoms with Crippen molar-refractivity contribution in [1.29, 1.82) is 0 Å². The summed E-state index contributed by atoms with van der Waals surface area (Å²) in [6.07, 6.45) is 0.478. The molecule has 0 spiro atoms. The number of rotatable bonds is 9. The second-order valence-corrected chi connectivity index (χ2v) is 7.18. The first kappa shape index (κ1) is 21.3. The Hall–Kier alpha value is -2.41. The van der Waals surface area contributed by atoms with Gasteiger partial charge in [-0.3, -0.25) is 9.69 Å². The number of hydrogen-bond acceptors (Lipinski definition) is 5. The van der Waals surface area contributed by atoms with Crippen LogP contribution in [0.5, 0.6) is 5.75 Å². The zero-order chi connectivity index (χ0) is 20.5. The SMILES string of the molecule is CCOc1ccc(CC(=O)Nc2ccc(C(O)CCN3CCOCC3)cc2)cc1. The lowest BCUT2D eigenvalue weighted by Gasteiger charge is -2.27. The number of nitrogens with one attached hydrogen (secondary N) is 1. The van der Waals surface area contributed by atoms with Crippen LogP contribution >= 0.6 is 0 Å². The van der Waals surface area contributed by atoms with Gasteiger partial charge in [-0.15, -0.1) is 0 Å². The summed E-state index contributed by atoms with van der Waals surface area (Å²) in [5.41, 5.74) is 2.52. The van der Waals surface area contributed by atoms with Crippen molar-refractivity contribution in [3.8, 4) is 5.75 Å². The molecule has 3 rings (SSSR count). The minimum Gasteiger partial charge on any atom is -0.494 e. The van der Waals surface area contributed by atoms with Gasteiger partial charge in [-0.2, -0.15) is 0 Å². The number of aliphatic hydroxyl groups is 1. The fourth-order valence-electron chi connectivity index (χ4n) is 3.35. The largest absolute Gasteiger partial charge is 0.494 e.